The minimum Gasteiger partial charge on any atom is -0.478 e. The van der Waals surface area contributed by atoms with E-state index in [1.165, 1.54) is 5.57 Å². The highest BCUT2D eigenvalue weighted by atomic mass is 79.9. The fraction of sp³-hybridized carbons (Fsp3) is 0.182. The molecule has 1 aromatic rings. The Kier molecular flexibility index (Phi) is 2.52. The van der Waals surface area contributed by atoms with Crippen LogP contribution in [0.4, 0.5) is 5.69 Å². The lowest BCUT2D eigenvalue weighted by atomic mass is 10.1. The maximum atomic E-state index is 10.8. The fourth-order valence-corrected chi connectivity index (χ4v) is 2.09. The Hall–Kier alpha value is -1.29. The second kappa shape index (κ2) is 3.70. The Morgan fingerprint density at radius 2 is 2.13 bits per heavy atom. The van der Waals surface area contributed by atoms with Crippen LogP contribution in [0.2, 0.25) is 0 Å². The van der Waals surface area contributed by atoms with Gasteiger partial charge in [0.25, 0.3) is 0 Å². The van der Waals surface area contributed by atoms with Crippen molar-refractivity contribution in [1.29, 1.82) is 0 Å². The van der Waals surface area contributed by atoms with Crippen LogP contribution < -0.4 is 4.90 Å². The monoisotopic (exact) mass is 267 g/mol. The summed E-state index contributed by atoms with van der Waals surface area (Å²) >= 11 is 3.25. The third kappa shape index (κ3) is 1.90. The number of carboxylic acid groups (broad SMARTS) is 1. The summed E-state index contributed by atoms with van der Waals surface area (Å²) in [6.07, 6.45) is 0. The van der Waals surface area contributed by atoms with Crippen LogP contribution in [0.15, 0.2) is 34.8 Å². The third-order valence-electron chi connectivity index (χ3n) is 2.38. The van der Waals surface area contributed by atoms with Gasteiger partial charge in [-0.1, -0.05) is 6.58 Å². The summed E-state index contributed by atoms with van der Waals surface area (Å²) in [4.78, 5) is 12.9. The largest absolute Gasteiger partial charge is 0.478 e. The van der Waals surface area contributed by atoms with Crippen LogP contribution in [0, 0.1) is 0 Å². The topological polar surface area (TPSA) is 40.5 Å². The van der Waals surface area contributed by atoms with Crippen molar-refractivity contribution in [1.82, 2.24) is 0 Å². The van der Waals surface area contributed by atoms with Crippen LogP contribution in [0.5, 0.6) is 0 Å². The number of rotatable bonds is 2. The van der Waals surface area contributed by atoms with Gasteiger partial charge in [-0.15, -0.1) is 0 Å². The molecule has 0 saturated carbocycles. The lowest BCUT2D eigenvalue weighted by Crippen LogP contribution is -2.39. The first-order valence-electron chi connectivity index (χ1n) is 4.52. The van der Waals surface area contributed by atoms with Crippen LogP contribution in [-0.4, -0.2) is 24.2 Å². The van der Waals surface area contributed by atoms with Crippen molar-refractivity contribution in [2.75, 3.05) is 18.0 Å². The predicted octanol–water partition coefficient (Wildman–Crippen LogP) is 2.52. The minimum atomic E-state index is -0.915. The Morgan fingerprint density at radius 1 is 1.47 bits per heavy atom. The molecule has 0 unspecified atom stereocenters. The van der Waals surface area contributed by atoms with Gasteiger partial charge in [0.05, 0.1) is 5.56 Å². The molecule has 1 saturated heterocycles. The molecule has 1 heterocycles. The lowest BCUT2D eigenvalue weighted by molar-refractivity contribution is 0.0696. The molecule has 2 rings (SSSR count). The number of carbonyl (C=O) groups is 1. The Labute approximate surface area is 96.1 Å². The summed E-state index contributed by atoms with van der Waals surface area (Å²) in [6.45, 7) is 5.58. The van der Waals surface area contributed by atoms with Crippen molar-refractivity contribution in [3.8, 4) is 0 Å². The van der Waals surface area contributed by atoms with Gasteiger partial charge in [-0.2, -0.15) is 0 Å². The van der Waals surface area contributed by atoms with Gasteiger partial charge in [0, 0.05) is 23.2 Å². The van der Waals surface area contributed by atoms with Crippen LogP contribution in [0.3, 0.4) is 0 Å². The number of hydrogen-bond donors (Lipinski definition) is 1. The standard InChI is InChI=1S/C11H10BrNO2/c1-7-5-13(6-7)8-2-3-9(11(14)15)10(12)4-8/h2-4H,1,5-6H2,(H,14,15). The van der Waals surface area contributed by atoms with Gasteiger partial charge in [0.1, 0.15) is 0 Å². The SMILES string of the molecule is C=C1CN(c2ccc(C(=O)O)c(Br)c2)C1. The minimum absolute atomic E-state index is 0.290. The van der Waals surface area contributed by atoms with E-state index in [2.05, 4.69) is 27.4 Å². The normalized spacial score (nSPS) is 15.0. The zero-order valence-electron chi connectivity index (χ0n) is 8.03. The molecule has 1 aromatic carbocycles. The Balaban J connectivity index is 2.26. The Morgan fingerprint density at radius 3 is 2.60 bits per heavy atom. The van der Waals surface area contributed by atoms with Crippen molar-refractivity contribution >= 4 is 27.6 Å². The summed E-state index contributed by atoms with van der Waals surface area (Å²) in [5.41, 5.74) is 2.52. The molecule has 0 bridgehead atoms. The smallest absolute Gasteiger partial charge is 0.336 e. The number of halogens is 1. The van der Waals surface area contributed by atoms with Gasteiger partial charge in [-0.3, -0.25) is 0 Å². The van der Waals surface area contributed by atoms with Crippen molar-refractivity contribution in [3.05, 3.63) is 40.4 Å². The molecular weight excluding hydrogens is 258 g/mol. The molecule has 1 fully saturated rings. The Bertz CT molecular complexity index is 434. The molecule has 15 heavy (non-hydrogen) atoms. The predicted molar refractivity (Wildman–Crippen MR) is 62.5 cm³/mol. The molecule has 0 spiro atoms. The molecule has 0 radical (unpaired) electrons. The van der Waals surface area contributed by atoms with E-state index in [4.69, 9.17) is 5.11 Å². The third-order valence-corrected chi connectivity index (χ3v) is 3.03. The van der Waals surface area contributed by atoms with Gasteiger partial charge in [0.15, 0.2) is 0 Å². The molecule has 0 aromatic heterocycles. The van der Waals surface area contributed by atoms with Gasteiger partial charge >= 0.3 is 5.97 Å². The van der Waals surface area contributed by atoms with Gasteiger partial charge < -0.3 is 10.0 Å². The first-order chi connectivity index (χ1) is 7.08. The first kappa shape index (κ1) is 10.2. The highest BCUT2D eigenvalue weighted by Crippen LogP contribution is 2.28. The second-order valence-corrected chi connectivity index (χ2v) is 4.43. The van der Waals surface area contributed by atoms with E-state index in [1.54, 1.807) is 6.07 Å². The number of carboxylic acids is 1. The zero-order chi connectivity index (χ0) is 11.0. The quantitative estimate of drug-likeness (QED) is 0.838. The van der Waals surface area contributed by atoms with Crippen LogP contribution >= 0.6 is 15.9 Å². The van der Waals surface area contributed by atoms with Crippen molar-refractivity contribution < 1.29 is 9.90 Å². The molecule has 1 N–H and O–H groups in total. The highest BCUT2D eigenvalue weighted by molar-refractivity contribution is 9.10. The number of aromatic carboxylic acids is 1. The summed E-state index contributed by atoms with van der Waals surface area (Å²) < 4.78 is 0.616. The van der Waals surface area contributed by atoms with E-state index in [0.717, 1.165) is 18.8 Å². The zero-order valence-corrected chi connectivity index (χ0v) is 9.62. The van der Waals surface area contributed by atoms with E-state index in [-0.39, 0.29) is 5.56 Å². The summed E-state index contributed by atoms with van der Waals surface area (Å²) in [7, 11) is 0. The van der Waals surface area contributed by atoms with Crippen molar-refractivity contribution in [2.24, 2.45) is 0 Å². The molecule has 3 nitrogen and oxygen atoms in total. The molecule has 78 valence electrons. The molecule has 1 aliphatic rings. The van der Waals surface area contributed by atoms with Gasteiger partial charge in [0.2, 0.25) is 0 Å². The van der Waals surface area contributed by atoms with E-state index in [1.807, 2.05) is 12.1 Å². The number of benzene rings is 1. The van der Waals surface area contributed by atoms with E-state index >= 15 is 0 Å². The molecule has 0 amide bonds. The maximum Gasteiger partial charge on any atom is 0.336 e. The number of nitrogens with zero attached hydrogens (tertiary/aromatic N) is 1. The van der Waals surface area contributed by atoms with Gasteiger partial charge in [-0.05, 0) is 39.7 Å². The molecular formula is C11H10BrNO2. The highest BCUT2D eigenvalue weighted by Gasteiger charge is 2.19. The maximum absolute atomic E-state index is 10.8. The van der Waals surface area contributed by atoms with E-state index in [0.29, 0.717) is 4.47 Å². The number of hydrogen-bond acceptors (Lipinski definition) is 2. The first-order valence-corrected chi connectivity index (χ1v) is 5.31. The van der Waals surface area contributed by atoms with Crippen molar-refractivity contribution in [2.45, 2.75) is 0 Å². The average molecular weight is 268 g/mol. The van der Waals surface area contributed by atoms with Crippen LogP contribution in [-0.2, 0) is 0 Å². The summed E-state index contributed by atoms with van der Waals surface area (Å²) in [6, 6.07) is 5.26. The molecule has 1 aliphatic heterocycles. The number of anilines is 1. The second-order valence-electron chi connectivity index (χ2n) is 3.58. The summed E-state index contributed by atoms with van der Waals surface area (Å²) in [5, 5.41) is 8.85. The molecule has 0 aliphatic carbocycles. The lowest BCUT2D eigenvalue weighted by Gasteiger charge is -2.35. The van der Waals surface area contributed by atoms with Crippen LogP contribution in [0.25, 0.3) is 0 Å². The fourth-order valence-electron chi connectivity index (χ4n) is 1.55. The molecule has 0 atom stereocenters. The van der Waals surface area contributed by atoms with E-state index in [9.17, 15) is 4.79 Å². The van der Waals surface area contributed by atoms with Crippen molar-refractivity contribution in [3.63, 3.8) is 0 Å². The van der Waals surface area contributed by atoms with E-state index < -0.39 is 5.97 Å². The molecule has 4 heteroatoms. The average Bonchev–Trinajstić information content (AvgIpc) is 2.12. The van der Waals surface area contributed by atoms with Gasteiger partial charge in [-0.25, -0.2) is 4.79 Å². The van der Waals surface area contributed by atoms with Crippen LogP contribution in [0.1, 0.15) is 10.4 Å². The summed E-state index contributed by atoms with van der Waals surface area (Å²) in [5.74, 6) is -0.915.